The van der Waals surface area contributed by atoms with Gasteiger partial charge in [-0.05, 0) is 19.4 Å². The van der Waals surface area contributed by atoms with Crippen LogP contribution in [0, 0.1) is 5.92 Å². The van der Waals surface area contributed by atoms with Gasteiger partial charge in [-0.25, -0.2) is 0 Å². The molecule has 0 saturated carbocycles. The summed E-state index contributed by atoms with van der Waals surface area (Å²) < 4.78 is 10.4. The molecule has 1 N–H and O–H groups in total. The van der Waals surface area contributed by atoms with Crippen molar-refractivity contribution in [1.82, 2.24) is 15.5 Å². The molecular weight excluding hydrogens is 182 g/mol. The Morgan fingerprint density at radius 3 is 3.21 bits per heavy atom. The molecule has 0 spiro atoms. The van der Waals surface area contributed by atoms with Gasteiger partial charge in [0.2, 0.25) is 5.89 Å². The molecule has 2 heterocycles. The first-order valence-electron chi connectivity index (χ1n) is 4.92. The van der Waals surface area contributed by atoms with Crippen LogP contribution in [0.1, 0.15) is 18.1 Å². The molecule has 0 aliphatic carbocycles. The van der Waals surface area contributed by atoms with Crippen LogP contribution in [-0.4, -0.2) is 30.4 Å². The van der Waals surface area contributed by atoms with Crippen molar-refractivity contribution >= 4 is 0 Å². The van der Waals surface area contributed by atoms with Gasteiger partial charge in [-0.3, -0.25) is 0 Å². The van der Waals surface area contributed by atoms with Crippen LogP contribution in [0.4, 0.5) is 0 Å². The van der Waals surface area contributed by atoms with Gasteiger partial charge in [-0.2, -0.15) is 4.98 Å². The van der Waals surface area contributed by atoms with Crippen molar-refractivity contribution in [3.8, 4) is 0 Å². The molecular formula is C9H15N3O2. The van der Waals surface area contributed by atoms with Crippen molar-refractivity contribution in [3.63, 3.8) is 0 Å². The third kappa shape index (κ3) is 2.30. The molecule has 1 aliphatic heterocycles. The fourth-order valence-electron chi connectivity index (χ4n) is 1.59. The van der Waals surface area contributed by atoms with Crippen LogP contribution in [0.25, 0.3) is 0 Å². The zero-order valence-electron chi connectivity index (χ0n) is 8.32. The molecule has 1 aliphatic rings. The highest BCUT2D eigenvalue weighted by molar-refractivity contribution is 4.88. The standard InChI is InChI=1S/C9H15N3O2/c1-10-5-8-11-9(14-12-8)4-7-2-3-13-6-7/h7,10H,2-6H2,1H3. The Hall–Kier alpha value is -0.940. The smallest absolute Gasteiger partial charge is 0.227 e. The summed E-state index contributed by atoms with van der Waals surface area (Å²) in [5, 5.41) is 6.84. The molecule has 1 unspecified atom stereocenters. The average Bonchev–Trinajstić information content (AvgIpc) is 2.79. The first-order valence-corrected chi connectivity index (χ1v) is 4.92. The van der Waals surface area contributed by atoms with Gasteiger partial charge >= 0.3 is 0 Å². The zero-order valence-corrected chi connectivity index (χ0v) is 8.32. The van der Waals surface area contributed by atoms with Gasteiger partial charge in [0, 0.05) is 19.6 Å². The number of nitrogens with one attached hydrogen (secondary N) is 1. The van der Waals surface area contributed by atoms with Gasteiger partial charge in [0.05, 0.1) is 6.54 Å². The predicted molar refractivity (Wildman–Crippen MR) is 49.7 cm³/mol. The summed E-state index contributed by atoms with van der Waals surface area (Å²) in [5.41, 5.74) is 0. The van der Waals surface area contributed by atoms with E-state index in [1.807, 2.05) is 7.05 Å². The van der Waals surface area contributed by atoms with E-state index in [1.54, 1.807) is 0 Å². The Bertz CT molecular complexity index is 281. The minimum atomic E-state index is 0.554. The van der Waals surface area contributed by atoms with E-state index in [9.17, 15) is 0 Å². The largest absolute Gasteiger partial charge is 0.381 e. The lowest BCUT2D eigenvalue weighted by Crippen LogP contribution is -2.07. The van der Waals surface area contributed by atoms with Gasteiger partial charge in [-0.15, -0.1) is 0 Å². The monoisotopic (exact) mass is 197 g/mol. The highest BCUT2D eigenvalue weighted by Gasteiger charge is 2.19. The van der Waals surface area contributed by atoms with E-state index in [0.717, 1.165) is 37.8 Å². The lowest BCUT2D eigenvalue weighted by atomic mass is 10.1. The van der Waals surface area contributed by atoms with Crippen molar-refractivity contribution in [2.75, 3.05) is 20.3 Å². The Morgan fingerprint density at radius 2 is 2.50 bits per heavy atom. The zero-order chi connectivity index (χ0) is 9.80. The Labute approximate surface area is 82.8 Å². The van der Waals surface area contributed by atoms with E-state index in [4.69, 9.17) is 9.26 Å². The van der Waals surface area contributed by atoms with Crippen LogP contribution >= 0.6 is 0 Å². The van der Waals surface area contributed by atoms with Gasteiger partial charge in [0.25, 0.3) is 0 Å². The predicted octanol–water partition coefficient (Wildman–Crippen LogP) is 0.368. The normalized spacial score (nSPS) is 21.6. The summed E-state index contributed by atoms with van der Waals surface area (Å²) >= 11 is 0. The van der Waals surface area contributed by atoms with Crippen molar-refractivity contribution in [3.05, 3.63) is 11.7 Å². The molecule has 1 fully saturated rings. The molecule has 1 saturated heterocycles. The number of hydrogen-bond donors (Lipinski definition) is 1. The lowest BCUT2D eigenvalue weighted by molar-refractivity contribution is 0.183. The number of nitrogens with zero attached hydrogens (tertiary/aromatic N) is 2. The van der Waals surface area contributed by atoms with Crippen LogP contribution in [0.2, 0.25) is 0 Å². The topological polar surface area (TPSA) is 60.2 Å². The third-order valence-corrected chi connectivity index (χ3v) is 2.33. The fourth-order valence-corrected chi connectivity index (χ4v) is 1.59. The maximum Gasteiger partial charge on any atom is 0.227 e. The van der Waals surface area contributed by atoms with Crippen LogP contribution in [-0.2, 0) is 17.7 Å². The fraction of sp³-hybridized carbons (Fsp3) is 0.778. The second-order valence-electron chi connectivity index (χ2n) is 3.57. The molecule has 1 atom stereocenters. The highest BCUT2D eigenvalue weighted by Crippen LogP contribution is 2.16. The van der Waals surface area contributed by atoms with Gasteiger partial charge in [-0.1, -0.05) is 5.16 Å². The molecule has 0 amide bonds. The van der Waals surface area contributed by atoms with Gasteiger partial charge in [0.1, 0.15) is 0 Å². The molecule has 5 nitrogen and oxygen atoms in total. The summed E-state index contributed by atoms with van der Waals surface area (Å²) in [4.78, 5) is 4.27. The molecule has 78 valence electrons. The number of hydrogen-bond acceptors (Lipinski definition) is 5. The molecule has 0 radical (unpaired) electrons. The lowest BCUT2D eigenvalue weighted by Gasteiger charge is -2.00. The van der Waals surface area contributed by atoms with E-state index >= 15 is 0 Å². The second kappa shape index (κ2) is 4.52. The first-order chi connectivity index (χ1) is 6.88. The van der Waals surface area contributed by atoms with Crippen LogP contribution in [0.5, 0.6) is 0 Å². The maximum atomic E-state index is 5.28. The molecule has 0 aromatic carbocycles. The van der Waals surface area contributed by atoms with Gasteiger partial charge < -0.3 is 14.6 Å². The Kier molecular flexibility index (Phi) is 3.10. The van der Waals surface area contributed by atoms with Crippen LogP contribution < -0.4 is 5.32 Å². The molecule has 2 rings (SSSR count). The molecule has 5 heteroatoms. The highest BCUT2D eigenvalue weighted by atomic mass is 16.5. The third-order valence-electron chi connectivity index (χ3n) is 2.33. The summed E-state index contributed by atoms with van der Waals surface area (Å²) in [6, 6.07) is 0. The number of aromatic nitrogens is 2. The molecule has 1 aromatic rings. The van der Waals surface area contributed by atoms with E-state index < -0.39 is 0 Å². The molecule has 1 aromatic heterocycles. The van der Waals surface area contributed by atoms with Gasteiger partial charge in [0.15, 0.2) is 5.82 Å². The minimum absolute atomic E-state index is 0.554. The maximum absolute atomic E-state index is 5.28. The summed E-state index contributed by atoms with van der Waals surface area (Å²) in [6.07, 6.45) is 1.94. The Morgan fingerprint density at radius 1 is 1.57 bits per heavy atom. The van der Waals surface area contributed by atoms with E-state index in [-0.39, 0.29) is 0 Å². The van der Waals surface area contributed by atoms with Crippen molar-refractivity contribution in [1.29, 1.82) is 0 Å². The number of ether oxygens (including phenoxy) is 1. The van der Waals surface area contributed by atoms with Crippen molar-refractivity contribution < 1.29 is 9.26 Å². The molecule has 14 heavy (non-hydrogen) atoms. The van der Waals surface area contributed by atoms with E-state index in [1.165, 1.54) is 0 Å². The van der Waals surface area contributed by atoms with E-state index in [2.05, 4.69) is 15.5 Å². The quantitative estimate of drug-likeness (QED) is 0.755. The summed E-state index contributed by atoms with van der Waals surface area (Å²) in [6.45, 7) is 2.34. The molecule has 0 bridgehead atoms. The summed E-state index contributed by atoms with van der Waals surface area (Å²) in [5.74, 6) is 2.00. The first kappa shape index (κ1) is 9.61. The van der Waals surface area contributed by atoms with Crippen molar-refractivity contribution in [2.45, 2.75) is 19.4 Å². The minimum Gasteiger partial charge on any atom is -0.381 e. The van der Waals surface area contributed by atoms with E-state index in [0.29, 0.717) is 12.5 Å². The SMILES string of the molecule is CNCc1noc(CC2CCOC2)n1. The second-order valence-corrected chi connectivity index (χ2v) is 3.57. The van der Waals surface area contributed by atoms with Crippen molar-refractivity contribution in [2.24, 2.45) is 5.92 Å². The number of rotatable bonds is 4. The summed E-state index contributed by atoms with van der Waals surface area (Å²) in [7, 11) is 1.86. The Balaban J connectivity index is 1.88. The van der Waals surface area contributed by atoms with Crippen LogP contribution in [0.15, 0.2) is 4.52 Å². The average molecular weight is 197 g/mol. The van der Waals surface area contributed by atoms with Crippen LogP contribution in [0.3, 0.4) is 0 Å².